The number of benzene rings is 1. The van der Waals surface area contributed by atoms with E-state index in [4.69, 9.17) is 9.47 Å². The molecule has 1 aromatic rings. The Morgan fingerprint density at radius 1 is 1.25 bits per heavy atom. The van der Waals surface area contributed by atoms with E-state index in [0.717, 1.165) is 45.1 Å². The molecule has 2 N–H and O–H groups in total. The average Bonchev–Trinajstić information content (AvgIpc) is 3.26. The van der Waals surface area contributed by atoms with E-state index in [9.17, 15) is 9.18 Å². The zero-order chi connectivity index (χ0) is 16.8. The lowest BCUT2D eigenvalue weighted by molar-refractivity contribution is -0.122. The molecule has 2 aliphatic rings. The highest BCUT2D eigenvalue weighted by atomic mass is 19.1. The number of ether oxygens (including phenoxy) is 2. The molecule has 6 heteroatoms. The molecule has 0 spiro atoms. The van der Waals surface area contributed by atoms with E-state index in [-0.39, 0.29) is 30.5 Å². The van der Waals surface area contributed by atoms with Gasteiger partial charge in [0, 0.05) is 18.8 Å². The molecule has 1 aliphatic carbocycles. The lowest BCUT2D eigenvalue weighted by atomic mass is 10.2. The Labute approximate surface area is 141 Å². The van der Waals surface area contributed by atoms with Gasteiger partial charge in [-0.25, -0.2) is 4.39 Å². The lowest BCUT2D eigenvalue weighted by Gasteiger charge is -2.14. The smallest absolute Gasteiger partial charge is 0.250 e. The van der Waals surface area contributed by atoms with Crippen LogP contribution in [0.5, 0.6) is 0 Å². The standard InChI is InChI=1S/C18H25FN2O3/c19-16-10-13(21-18(22)12-24-14-4-1-2-5-14)7-8-17(16)20-11-15-6-3-9-23-15/h7-8,10,14-15,20H,1-6,9,11-12H2,(H,21,22). The first-order valence-electron chi connectivity index (χ1n) is 8.77. The normalized spacial score (nSPS) is 21.1. The van der Waals surface area contributed by atoms with Crippen LogP contribution in [0.3, 0.4) is 0 Å². The summed E-state index contributed by atoms with van der Waals surface area (Å²) in [5.74, 6) is -0.635. The van der Waals surface area contributed by atoms with Crippen LogP contribution < -0.4 is 10.6 Å². The molecule has 1 amide bonds. The molecule has 2 fully saturated rings. The van der Waals surface area contributed by atoms with Crippen molar-refractivity contribution in [3.8, 4) is 0 Å². The highest BCUT2D eigenvalue weighted by molar-refractivity contribution is 5.91. The number of amides is 1. The first-order chi connectivity index (χ1) is 11.7. The molecule has 132 valence electrons. The number of carbonyl (C=O) groups is 1. The van der Waals surface area contributed by atoms with Crippen molar-refractivity contribution in [1.29, 1.82) is 0 Å². The molecule has 3 rings (SSSR count). The Morgan fingerprint density at radius 2 is 2.08 bits per heavy atom. The highest BCUT2D eigenvalue weighted by Crippen LogP contribution is 2.22. The van der Waals surface area contributed by atoms with E-state index in [1.807, 2.05) is 0 Å². The minimum atomic E-state index is -0.387. The molecule has 24 heavy (non-hydrogen) atoms. The van der Waals surface area contributed by atoms with Crippen LogP contribution in [0.1, 0.15) is 38.5 Å². The Hall–Kier alpha value is -1.66. The number of halogens is 1. The topological polar surface area (TPSA) is 59.6 Å². The number of anilines is 2. The second-order valence-electron chi connectivity index (χ2n) is 6.48. The van der Waals surface area contributed by atoms with Crippen LogP contribution in [0.15, 0.2) is 18.2 Å². The molecule has 1 aromatic carbocycles. The molecular formula is C18H25FN2O3. The van der Waals surface area contributed by atoms with Crippen LogP contribution in [0.4, 0.5) is 15.8 Å². The summed E-state index contributed by atoms with van der Waals surface area (Å²) in [6, 6.07) is 4.65. The summed E-state index contributed by atoms with van der Waals surface area (Å²) in [6.07, 6.45) is 6.77. The van der Waals surface area contributed by atoms with Crippen molar-refractivity contribution in [1.82, 2.24) is 0 Å². The van der Waals surface area contributed by atoms with Crippen LogP contribution in [-0.4, -0.2) is 37.9 Å². The molecule has 0 radical (unpaired) electrons. The number of hydrogen-bond acceptors (Lipinski definition) is 4. The molecule has 5 nitrogen and oxygen atoms in total. The van der Waals surface area contributed by atoms with Crippen molar-refractivity contribution in [2.45, 2.75) is 50.7 Å². The van der Waals surface area contributed by atoms with E-state index in [2.05, 4.69) is 10.6 Å². The molecule has 1 saturated carbocycles. The van der Waals surface area contributed by atoms with Crippen molar-refractivity contribution in [3.05, 3.63) is 24.0 Å². The van der Waals surface area contributed by atoms with Crippen LogP contribution >= 0.6 is 0 Å². The van der Waals surface area contributed by atoms with Crippen molar-refractivity contribution < 1.29 is 18.7 Å². The van der Waals surface area contributed by atoms with Gasteiger partial charge >= 0.3 is 0 Å². The van der Waals surface area contributed by atoms with Crippen molar-refractivity contribution >= 4 is 17.3 Å². The summed E-state index contributed by atoms with van der Waals surface area (Å²) < 4.78 is 25.2. The van der Waals surface area contributed by atoms with Gasteiger partial charge in [-0.3, -0.25) is 4.79 Å². The van der Waals surface area contributed by atoms with Crippen molar-refractivity contribution in [2.75, 3.05) is 30.4 Å². The zero-order valence-corrected chi connectivity index (χ0v) is 13.9. The van der Waals surface area contributed by atoms with Gasteiger partial charge in [0.1, 0.15) is 12.4 Å². The summed E-state index contributed by atoms with van der Waals surface area (Å²) >= 11 is 0. The van der Waals surface area contributed by atoms with Crippen LogP contribution in [0.2, 0.25) is 0 Å². The summed E-state index contributed by atoms with van der Waals surface area (Å²) in [6.45, 7) is 1.39. The Balaban J connectivity index is 1.45. The van der Waals surface area contributed by atoms with Gasteiger partial charge in [0.05, 0.1) is 17.9 Å². The molecule has 0 bridgehead atoms. The third-order valence-corrected chi connectivity index (χ3v) is 4.55. The average molecular weight is 336 g/mol. The SMILES string of the molecule is O=C(COC1CCCC1)Nc1ccc(NCC2CCCO2)c(F)c1. The van der Waals surface area contributed by atoms with Gasteiger partial charge in [0.15, 0.2) is 0 Å². The monoisotopic (exact) mass is 336 g/mol. The van der Waals surface area contributed by atoms with Gasteiger partial charge < -0.3 is 20.1 Å². The molecule has 1 heterocycles. The molecule has 1 saturated heterocycles. The van der Waals surface area contributed by atoms with Gasteiger partial charge in [0.25, 0.3) is 0 Å². The highest BCUT2D eigenvalue weighted by Gasteiger charge is 2.17. The minimum absolute atomic E-state index is 0.0192. The first kappa shape index (κ1) is 17.2. The Kier molecular flexibility index (Phi) is 6.04. The molecular weight excluding hydrogens is 311 g/mol. The second-order valence-corrected chi connectivity index (χ2v) is 6.48. The molecule has 1 atom stereocenters. The fourth-order valence-corrected chi connectivity index (χ4v) is 3.21. The van der Waals surface area contributed by atoms with Gasteiger partial charge in [-0.2, -0.15) is 0 Å². The van der Waals surface area contributed by atoms with Crippen molar-refractivity contribution in [2.24, 2.45) is 0 Å². The van der Waals surface area contributed by atoms with Gasteiger partial charge in [-0.1, -0.05) is 12.8 Å². The molecule has 1 unspecified atom stereocenters. The second kappa shape index (κ2) is 8.44. The molecule has 1 aliphatic heterocycles. The van der Waals surface area contributed by atoms with E-state index >= 15 is 0 Å². The van der Waals surface area contributed by atoms with Crippen molar-refractivity contribution in [3.63, 3.8) is 0 Å². The summed E-state index contributed by atoms with van der Waals surface area (Å²) in [5.41, 5.74) is 0.862. The predicted molar refractivity (Wildman–Crippen MR) is 90.7 cm³/mol. The maximum Gasteiger partial charge on any atom is 0.250 e. The predicted octanol–water partition coefficient (Wildman–Crippen LogP) is 3.31. The largest absolute Gasteiger partial charge is 0.380 e. The van der Waals surface area contributed by atoms with Crippen LogP contribution in [0.25, 0.3) is 0 Å². The summed E-state index contributed by atoms with van der Waals surface area (Å²) in [4.78, 5) is 11.9. The lowest BCUT2D eigenvalue weighted by Crippen LogP contribution is -2.22. The number of hydrogen-bond donors (Lipinski definition) is 2. The maximum atomic E-state index is 14.1. The quantitative estimate of drug-likeness (QED) is 0.802. The Bertz CT molecular complexity index is 555. The van der Waals surface area contributed by atoms with Gasteiger partial charge in [-0.05, 0) is 43.9 Å². The van der Waals surface area contributed by atoms with Crippen LogP contribution in [-0.2, 0) is 14.3 Å². The molecule has 0 aromatic heterocycles. The minimum Gasteiger partial charge on any atom is -0.380 e. The summed E-state index contributed by atoms with van der Waals surface area (Å²) in [5, 5.41) is 5.73. The number of carbonyl (C=O) groups excluding carboxylic acids is 1. The first-order valence-corrected chi connectivity index (χ1v) is 8.77. The Morgan fingerprint density at radius 3 is 2.79 bits per heavy atom. The zero-order valence-electron chi connectivity index (χ0n) is 13.9. The van der Waals surface area contributed by atoms with E-state index in [1.54, 1.807) is 12.1 Å². The fourth-order valence-electron chi connectivity index (χ4n) is 3.21. The van der Waals surface area contributed by atoms with Gasteiger partial charge in [-0.15, -0.1) is 0 Å². The van der Waals surface area contributed by atoms with E-state index in [1.165, 1.54) is 6.07 Å². The summed E-state index contributed by atoms with van der Waals surface area (Å²) in [7, 11) is 0. The number of nitrogens with one attached hydrogen (secondary N) is 2. The fraction of sp³-hybridized carbons (Fsp3) is 0.611. The third kappa shape index (κ3) is 4.92. The van der Waals surface area contributed by atoms with E-state index in [0.29, 0.717) is 17.9 Å². The van der Waals surface area contributed by atoms with Gasteiger partial charge in [0.2, 0.25) is 5.91 Å². The third-order valence-electron chi connectivity index (χ3n) is 4.55. The maximum absolute atomic E-state index is 14.1. The number of rotatable bonds is 7. The van der Waals surface area contributed by atoms with Crippen LogP contribution in [0, 0.1) is 5.82 Å². The van der Waals surface area contributed by atoms with E-state index < -0.39 is 0 Å².